The van der Waals surface area contributed by atoms with Crippen molar-refractivity contribution in [2.45, 2.75) is 0 Å². The predicted octanol–water partition coefficient (Wildman–Crippen LogP) is 0.984. The van der Waals surface area contributed by atoms with E-state index in [4.69, 9.17) is 0 Å². The number of hydrogen-bond donors (Lipinski definition) is 0. The molecule has 0 N–H and O–H groups in total. The highest BCUT2D eigenvalue weighted by Crippen LogP contribution is 2.19. The molecule has 27 heavy (non-hydrogen) atoms. The number of nitriles is 6. The van der Waals surface area contributed by atoms with Gasteiger partial charge in [0.15, 0.2) is 0 Å². The molecule has 0 bridgehead atoms. The van der Waals surface area contributed by atoms with Crippen LogP contribution in [-0.4, -0.2) is 8.75 Å². The van der Waals surface area contributed by atoms with Crippen molar-refractivity contribution in [1.29, 1.82) is 31.6 Å². The number of benzene rings is 2. The molecule has 8 nitrogen and oxygen atoms in total. The zero-order valence-corrected chi connectivity index (χ0v) is 14.0. The Hall–Kier alpha value is -4.80. The summed E-state index contributed by atoms with van der Waals surface area (Å²) in [5.74, 6) is 0. The van der Waals surface area contributed by atoms with E-state index >= 15 is 0 Å². The van der Waals surface area contributed by atoms with E-state index in [1.807, 2.05) is 12.1 Å². The molecule has 120 valence electrons. The van der Waals surface area contributed by atoms with Gasteiger partial charge in [-0.1, -0.05) is 0 Å². The summed E-state index contributed by atoms with van der Waals surface area (Å²) in [5, 5.41) is 56.9. The average molecular weight is 362 g/mol. The molecule has 2 aromatic carbocycles. The normalized spacial score (nSPS) is 9.26. The maximum Gasteiger partial charge on any atom is 0.139 e. The van der Waals surface area contributed by atoms with E-state index < -0.39 is 0 Å². The molecular weight excluding hydrogens is 360 g/mol. The largest absolute Gasteiger partial charge is 0.192 e. The van der Waals surface area contributed by atoms with Gasteiger partial charge in [0.25, 0.3) is 0 Å². The van der Waals surface area contributed by atoms with Crippen molar-refractivity contribution in [3.63, 3.8) is 0 Å². The van der Waals surface area contributed by atoms with E-state index in [9.17, 15) is 31.6 Å². The van der Waals surface area contributed by atoms with Crippen LogP contribution in [0.1, 0.15) is 11.1 Å². The highest BCUT2D eigenvalue weighted by atomic mass is 32.1. The first-order valence-corrected chi connectivity index (χ1v) is 7.79. The molecule has 0 atom stereocenters. The van der Waals surface area contributed by atoms with E-state index in [1.54, 1.807) is 24.3 Å². The van der Waals surface area contributed by atoms with Crippen LogP contribution in [0.3, 0.4) is 0 Å². The summed E-state index contributed by atoms with van der Waals surface area (Å²) in [6, 6.07) is 13.7. The van der Waals surface area contributed by atoms with Crippen LogP contribution in [0.25, 0.3) is 33.0 Å². The molecule has 0 aliphatic rings. The fraction of sp³-hybridized carbons (Fsp3) is 0. The molecule has 0 saturated heterocycles. The molecule has 0 radical (unpaired) electrons. The SMILES string of the molecule is N#CC(C#N)=c1c2cc(C#N)c(C#N)cc2c(=C(C#N)C#N)c2nsnc12. The maximum atomic E-state index is 9.35. The van der Waals surface area contributed by atoms with Crippen molar-refractivity contribution in [2.24, 2.45) is 0 Å². The second-order valence-corrected chi connectivity index (χ2v) is 5.60. The first kappa shape index (κ1) is 17.0. The van der Waals surface area contributed by atoms with Gasteiger partial charge in [-0.3, -0.25) is 0 Å². The van der Waals surface area contributed by atoms with Crippen molar-refractivity contribution in [3.8, 4) is 36.4 Å². The lowest BCUT2D eigenvalue weighted by Gasteiger charge is -2.05. The van der Waals surface area contributed by atoms with E-state index in [1.165, 1.54) is 12.1 Å². The van der Waals surface area contributed by atoms with E-state index in [2.05, 4.69) is 8.75 Å². The molecule has 0 spiro atoms. The molecule has 3 rings (SSSR count). The third kappa shape index (κ3) is 2.39. The van der Waals surface area contributed by atoms with Crippen LogP contribution in [0.15, 0.2) is 12.1 Å². The minimum atomic E-state index is -0.256. The summed E-state index contributed by atoms with van der Waals surface area (Å²) in [5.41, 5.74) is -0.0908. The van der Waals surface area contributed by atoms with E-state index in [-0.39, 0.29) is 54.5 Å². The second-order valence-electron chi connectivity index (χ2n) is 5.08. The lowest BCUT2D eigenvalue weighted by molar-refractivity contribution is 1.44. The lowest BCUT2D eigenvalue weighted by Crippen LogP contribution is -2.19. The predicted molar refractivity (Wildman–Crippen MR) is 92.9 cm³/mol. The van der Waals surface area contributed by atoms with E-state index in [0.29, 0.717) is 0 Å². The summed E-state index contributed by atoms with van der Waals surface area (Å²) in [6.45, 7) is 0. The van der Waals surface area contributed by atoms with Crippen molar-refractivity contribution in [3.05, 3.63) is 33.7 Å². The average Bonchev–Trinajstić information content (AvgIpc) is 3.18. The Kier molecular flexibility index (Phi) is 4.17. The fourth-order valence-electron chi connectivity index (χ4n) is 2.75. The smallest absolute Gasteiger partial charge is 0.139 e. The van der Waals surface area contributed by atoms with Crippen molar-refractivity contribution in [2.75, 3.05) is 0 Å². The minimum Gasteiger partial charge on any atom is -0.192 e. The Bertz CT molecular complexity index is 1390. The van der Waals surface area contributed by atoms with Gasteiger partial charge < -0.3 is 0 Å². The summed E-state index contributed by atoms with van der Waals surface area (Å²) >= 11 is 0.794. The van der Waals surface area contributed by atoms with Gasteiger partial charge >= 0.3 is 0 Å². The van der Waals surface area contributed by atoms with Crippen LogP contribution >= 0.6 is 11.7 Å². The maximum absolute atomic E-state index is 9.35. The Morgan fingerprint density at radius 1 is 0.667 bits per heavy atom. The zero-order valence-electron chi connectivity index (χ0n) is 13.1. The monoisotopic (exact) mass is 362 g/mol. The zero-order chi connectivity index (χ0) is 19.6. The Morgan fingerprint density at radius 2 is 1.04 bits per heavy atom. The molecule has 0 aliphatic carbocycles. The molecule has 1 heterocycles. The van der Waals surface area contributed by atoms with Gasteiger partial charge in [0.05, 0.1) is 22.9 Å². The number of fused-ring (bicyclic) bond motifs is 2. The quantitative estimate of drug-likeness (QED) is 0.570. The summed E-state index contributed by atoms with van der Waals surface area (Å²) in [4.78, 5) is 0. The fourth-order valence-corrected chi connectivity index (χ4v) is 3.31. The minimum absolute atomic E-state index is 0.0328. The van der Waals surface area contributed by atoms with Crippen molar-refractivity contribution >= 4 is 44.7 Å². The topological polar surface area (TPSA) is 169 Å². The molecule has 1 aromatic heterocycles. The van der Waals surface area contributed by atoms with Gasteiger partial charge in [-0.15, -0.1) is 0 Å². The number of nitrogens with zero attached hydrogens (tertiary/aromatic N) is 8. The van der Waals surface area contributed by atoms with Gasteiger partial charge in [-0.05, 0) is 22.9 Å². The van der Waals surface area contributed by atoms with Gasteiger partial charge in [0, 0.05) is 10.4 Å². The van der Waals surface area contributed by atoms with Gasteiger partial charge in [-0.25, -0.2) is 0 Å². The Morgan fingerprint density at radius 3 is 1.33 bits per heavy atom. The van der Waals surface area contributed by atoms with Gasteiger partial charge in [0.1, 0.15) is 58.6 Å². The summed E-state index contributed by atoms with van der Waals surface area (Å²) < 4.78 is 8.25. The van der Waals surface area contributed by atoms with Crippen LogP contribution in [-0.2, 0) is 0 Å². The summed E-state index contributed by atoms with van der Waals surface area (Å²) in [6.07, 6.45) is 0. The molecule has 0 aliphatic heterocycles. The first-order valence-electron chi connectivity index (χ1n) is 7.06. The number of hydrogen-bond acceptors (Lipinski definition) is 9. The molecule has 0 fully saturated rings. The van der Waals surface area contributed by atoms with Crippen LogP contribution in [0.4, 0.5) is 0 Å². The van der Waals surface area contributed by atoms with E-state index in [0.717, 1.165) is 11.7 Å². The summed E-state index contributed by atoms with van der Waals surface area (Å²) in [7, 11) is 0. The third-order valence-electron chi connectivity index (χ3n) is 3.85. The molecule has 0 unspecified atom stereocenters. The van der Waals surface area contributed by atoms with Crippen LogP contribution in [0.2, 0.25) is 0 Å². The van der Waals surface area contributed by atoms with Gasteiger partial charge in [0.2, 0.25) is 0 Å². The molecule has 9 heteroatoms. The second kappa shape index (κ2) is 6.60. The van der Waals surface area contributed by atoms with Crippen LogP contribution in [0, 0.1) is 68.0 Å². The standard InChI is InChI=1S/C18H2N8S/c19-3-9-1-13-14(2-10(9)4-20)16(12(7-23)8-24)18-17(25-27-26-18)15(13)11(5-21)6-22/h1-2H. The molecule has 0 saturated carbocycles. The Balaban J connectivity index is 2.96. The number of rotatable bonds is 0. The highest BCUT2D eigenvalue weighted by molar-refractivity contribution is 7.00. The Labute approximate surface area is 155 Å². The highest BCUT2D eigenvalue weighted by Gasteiger charge is 2.17. The lowest BCUT2D eigenvalue weighted by atomic mass is 9.95. The van der Waals surface area contributed by atoms with Crippen molar-refractivity contribution in [1.82, 2.24) is 8.75 Å². The first-order chi connectivity index (χ1) is 13.1. The van der Waals surface area contributed by atoms with Gasteiger partial charge in [-0.2, -0.15) is 40.3 Å². The molecule has 3 aromatic rings. The van der Waals surface area contributed by atoms with Crippen LogP contribution < -0.4 is 10.4 Å². The van der Waals surface area contributed by atoms with Crippen LogP contribution in [0.5, 0.6) is 0 Å². The molecule has 0 amide bonds. The third-order valence-corrected chi connectivity index (χ3v) is 4.38. The van der Waals surface area contributed by atoms with Crippen molar-refractivity contribution < 1.29 is 0 Å². The number of aromatic nitrogens is 2. The molecular formula is C18H2N8S.